The number of benzene rings is 2. The van der Waals surface area contributed by atoms with Crippen LogP contribution in [-0.2, 0) is 25.8 Å². The van der Waals surface area contributed by atoms with E-state index in [9.17, 15) is 0 Å². The lowest BCUT2D eigenvalue weighted by Gasteiger charge is -2.18. The Morgan fingerprint density at radius 1 is 1.16 bits per heavy atom. The van der Waals surface area contributed by atoms with Crippen LogP contribution in [0.5, 0.6) is 5.75 Å². The molecule has 0 aliphatic carbocycles. The first-order valence-corrected chi connectivity index (χ1v) is 11.3. The number of nitrogens with zero attached hydrogens (tertiary/aromatic N) is 2. The molecule has 3 heterocycles. The third-order valence-corrected chi connectivity index (χ3v) is 6.58. The molecule has 0 fully saturated rings. The van der Waals surface area contributed by atoms with Gasteiger partial charge < -0.3 is 15.0 Å². The molecular formula is C25H28Cl2N4O. The minimum atomic E-state index is 0. The molecular weight excluding hydrogens is 443 g/mol. The van der Waals surface area contributed by atoms with Crippen LogP contribution in [0.3, 0.4) is 0 Å². The number of ether oxygens (including phenoxy) is 1. The molecule has 0 bridgehead atoms. The first-order chi connectivity index (χ1) is 15.2. The second-order valence-electron chi connectivity index (χ2n) is 7.95. The number of aromatic nitrogens is 3. The molecule has 0 spiro atoms. The van der Waals surface area contributed by atoms with Gasteiger partial charge in [-0.25, -0.2) is 4.68 Å². The van der Waals surface area contributed by atoms with E-state index in [1.54, 1.807) is 7.11 Å². The molecule has 0 unspecified atom stereocenters. The smallest absolute Gasteiger partial charge is 0.161 e. The highest BCUT2D eigenvalue weighted by Gasteiger charge is 2.27. The summed E-state index contributed by atoms with van der Waals surface area (Å²) in [6, 6.07) is 10.7. The highest BCUT2D eigenvalue weighted by atomic mass is 35.5. The predicted molar refractivity (Wildman–Crippen MR) is 134 cm³/mol. The van der Waals surface area contributed by atoms with Crippen molar-refractivity contribution >= 4 is 34.9 Å². The molecule has 1 aliphatic rings. The highest BCUT2D eigenvalue weighted by molar-refractivity contribution is 6.34. The lowest BCUT2D eigenvalue weighted by Crippen LogP contribution is -2.23. The van der Waals surface area contributed by atoms with Crippen LogP contribution in [0.1, 0.15) is 36.2 Å². The van der Waals surface area contributed by atoms with Gasteiger partial charge in [0.15, 0.2) is 5.75 Å². The summed E-state index contributed by atoms with van der Waals surface area (Å²) in [6.07, 6.45) is 4.77. The van der Waals surface area contributed by atoms with E-state index in [0.29, 0.717) is 10.8 Å². The topological polar surface area (TPSA) is 54.9 Å². The van der Waals surface area contributed by atoms with Crippen LogP contribution >= 0.6 is 24.0 Å². The molecule has 5 nitrogen and oxygen atoms in total. The SMILES string of the molecule is CCc1cccc(CC)c1-n1nc2c(c1-c1cc(Cl)c(OC)c3[nH]ccc13)CNCC2.Cl. The Morgan fingerprint density at radius 2 is 1.91 bits per heavy atom. The van der Waals surface area contributed by atoms with E-state index >= 15 is 0 Å². The maximum atomic E-state index is 6.69. The van der Waals surface area contributed by atoms with Crippen LogP contribution in [0, 0.1) is 0 Å². The summed E-state index contributed by atoms with van der Waals surface area (Å²) >= 11 is 6.69. The molecule has 5 rings (SSSR count). The van der Waals surface area contributed by atoms with Crippen molar-refractivity contribution in [2.45, 2.75) is 39.7 Å². The summed E-state index contributed by atoms with van der Waals surface area (Å²) in [5.74, 6) is 0.673. The first kappa shape index (κ1) is 22.7. The van der Waals surface area contributed by atoms with E-state index in [-0.39, 0.29) is 12.4 Å². The number of para-hydroxylation sites is 1. The van der Waals surface area contributed by atoms with Gasteiger partial charge in [-0.1, -0.05) is 43.6 Å². The zero-order valence-corrected chi connectivity index (χ0v) is 20.2. The molecule has 168 valence electrons. The molecule has 1 aliphatic heterocycles. The predicted octanol–water partition coefficient (Wildman–Crippen LogP) is 5.87. The summed E-state index contributed by atoms with van der Waals surface area (Å²) in [6.45, 7) is 6.16. The number of aryl methyl sites for hydroxylation is 2. The van der Waals surface area contributed by atoms with Crippen LogP contribution < -0.4 is 10.1 Å². The molecule has 0 saturated heterocycles. The van der Waals surface area contributed by atoms with Crippen molar-refractivity contribution in [2.24, 2.45) is 0 Å². The maximum Gasteiger partial charge on any atom is 0.161 e. The Balaban J connectivity index is 0.00000245. The van der Waals surface area contributed by atoms with E-state index < -0.39 is 0 Å². The molecule has 2 aromatic carbocycles. The molecule has 0 atom stereocenters. The fourth-order valence-electron chi connectivity index (χ4n) is 4.79. The minimum absolute atomic E-state index is 0. The minimum Gasteiger partial charge on any atom is -0.493 e. The molecule has 0 radical (unpaired) electrons. The summed E-state index contributed by atoms with van der Waals surface area (Å²) in [5.41, 5.74) is 9.33. The van der Waals surface area contributed by atoms with Crippen molar-refractivity contribution in [3.8, 4) is 22.7 Å². The summed E-state index contributed by atoms with van der Waals surface area (Å²) in [7, 11) is 1.65. The summed E-state index contributed by atoms with van der Waals surface area (Å²) < 4.78 is 7.77. The first-order valence-electron chi connectivity index (χ1n) is 10.9. The van der Waals surface area contributed by atoms with Crippen LogP contribution in [-0.4, -0.2) is 28.4 Å². The molecule has 2 aromatic heterocycles. The molecule has 4 aromatic rings. The normalized spacial score (nSPS) is 13.1. The average molecular weight is 471 g/mol. The zero-order valence-electron chi connectivity index (χ0n) is 18.6. The lowest BCUT2D eigenvalue weighted by atomic mass is 9.97. The number of halogens is 2. The van der Waals surface area contributed by atoms with Crippen molar-refractivity contribution in [1.29, 1.82) is 0 Å². The van der Waals surface area contributed by atoms with Crippen LogP contribution in [0.4, 0.5) is 0 Å². The number of nitrogens with one attached hydrogen (secondary N) is 2. The van der Waals surface area contributed by atoms with Gasteiger partial charge >= 0.3 is 0 Å². The van der Waals surface area contributed by atoms with E-state index in [1.165, 1.54) is 22.4 Å². The van der Waals surface area contributed by atoms with Gasteiger partial charge in [0.25, 0.3) is 0 Å². The number of hydrogen-bond acceptors (Lipinski definition) is 3. The summed E-state index contributed by atoms with van der Waals surface area (Å²) in [4.78, 5) is 3.31. The van der Waals surface area contributed by atoms with Gasteiger partial charge in [-0.05, 0) is 36.1 Å². The fourth-order valence-corrected chi connectivity index (χ4v) is 5.08. The van der Waals surface area contributed by atoms with E-state index in [0.717, 1.165) is 60.2 Å². The number of aromatic amines is 1. The lowest BCUT2D eigenvalue weighted by molar-refractivity contribution is 0.419. The van der Waals surface area contributed by atoms with Gasteiger partial charge in [0.1, 0.15) is 0 Å². The van der Waals surface area contributed by atoms with Gasteiger partial charge in [-0.2, -0.15) is 5.10 Å². The van der Waals surface area contributed by atoms with Crippen molar-refractivity contribution in [3.63, 3.8) is 0 Å². The Labute approximate surface area is 199 Å². The van der Waals surface area contributed by atoms with E-state index in [4.69, 9.17) is 21.4 Å². The highest BCUT2D eigenvalue weighted by Crippen LogP contribution is 2.42. The molecule has 0 saturated carbocycles. The van der Waals surface area contributed by atoms with Crippen molar-refractivity contribution in [3.05, 3.63) is 63.9 Å². The maximum absolute atomic E-state index is 6.69. The zero-order chi connectivity index (χ0) is 21.5. The Hall–Kier alpha value is -2.47. The monoisotopic (exact) mass is 470 g/mol. The number of hydrogen-bond donors (Lipinski definition) is 2. The standard InChI is InChI=1S/C25H27ClN4O.ClH/c1-4-15-7-6-8-16(5-2)23(15)30-24(19-14-27-11-10-21(19)29-30)18-13-20(26)25(31-3)22-17(18)9-12-28-22;/h6-9,12-13,27-28H,4-5,10-11,14H2,1-3H3;1H. The Kier molecular flexibility index (Phi) is 6.52. The Bertz CT molecular complexity index is 1250. The van der Waals surface area contributed by atoms with Crippen molar-refractivity contribution < 1.29 is 4.74 Å². The quantitative estimate of drug-likeness (QED) is 0.383. The number of rotatable bonds is 5. The Morgan fingerprint density at radius 3 is 2.59 bits per heavy atom. The van der Waals surface area contributed by atoms with Gasteiger partial charge in [-0.15, -0.1) is 12.4 Å². The van der Waals surface area contributed by atoms with Crippen LogP contribution in [0.15, 0.2) is 36.5 Å². The molecule has 32 heavy (non-hydrogen) atoms. The second kappa shape index (κ2) is 9.18. The van der Waals surface area contributed by atoms with Gasteiger partial charge in [0, 0.05) is 42.2 Å². The van der Waals surface area contributed by atoms with E-state index in [2.05, 4.69) is 53.1 Å². The van der Waals surface area contributed by atoms with Gasteiger partial charge in [-0.3, -0.25) is 0 Å². The molecule has 7 heteroatoms. The van der Waals surface area contributed by atoms with Crippen molar-refractivity contribution in [2.75, 3.05) is 13.7 Å². The third kappa shape index (κ3) is 3.49. The molecule has 0 amide bonds. The van der Waals surface area contributed by atoms with Crippen LogP contribution in [0.2, 0.25) is 5.02 Å². The van der Waals surface area contributed by atoms with Crippen LogP contribution in [0.25, 0.3) is 27.8 Å². The van der Waals surface area contributed by atoms with Crippen molar-refractivity contribution in [1.82, 2.24) is 20.1 Å². The van der Waals surface area contributed by atoms with Gasteiger partial charge in [0.05, 0.1) is 34.7 Å². The number of fused-ring (bicyclic) bond motifs is 2. The number of H-pyrrole nitrogens is 1. The second-order valence-corrected chi connectivity index (χ2v) is 8.36. The summed E-state index contributed by atoms with van der Waals surface area (Å²) in [5, 5.41) is 10.4. The largest absolute Gasteiger partial charge is 0.493 e. The third-order valence-electron chi connectivity index (χ3n) is 6.30. The van der Waals surface area contributed by atoms with E-state index in [1.807, 2.05) is 12.3 Å². The average Bonchev–Trinajstić information content (AvgIpc) is 3.43. The fraction of sp³-hybridized carbons (Fsp3) is 0.320. The number of methoxy groups -OCH3 is 1. The van der Waals surface area contributed by atoms with Gasteiger partial charge in [0.2, 0.25) is 0 Å². The molecule has 2 N–H and O–H groups in total.